The van der Waals surface area contributed by atoms with E-state index in [4.69, 9.17) is 4.98 Å². The molecule has 6 heteroatoms. The van der Waals surface area contributed by atoms with Gasteiger partial charge in [-0.2, -0.15) is 0 Å². The lowest BCUT2D eigenvalue weighted by molar-refractivity contribution is 0.148. The zero-order chi connectivity index (χ0) is 22.0. The van der Waals surface area contributed by atoms with E-state index in [2.05, 4.69) is 76.5 Å². The largest absolute Gasteiger partial charge is 0.367 e. The molecule has 0 spiro atoms. The van der Waals surface area contributed by atoms with Crippen LogP contribution >= 0.6 is 0 Å². The minimum atomic E-state index is 0.264. The monoisotopic (exact) mass is 420 g/mol. The molecular weight excluding hydrogens is 384 g/mol. The molecule has 1 N–H and O–H groups in total. The molecule has 31 heavy (non-hydrogen) atoms. The van der Waals surface area contributed by atoms with Crippen LogP contribution < -0.4 is 4.90 Å². The number of aliphatic imine (C=N–C) groups is 1. The van der Waals surface area contributed by atoms with Crippen LogP contribution in [0, 0.1) is 0 Å². The van der Waals surface area contributed by atoms with E-state index in [0.717, 1.165) is 61.6 Å². The minimum Gasteiger partial charge on any atom is -0.367 e. The molecule has 2 atom stereocenters. The number of likely N-dealkylation sites (N-methyl/N-ethyl adjacent to an activating group) is 1. The average Bonchev–Trinajstić information content (AvgIpc) is 3.20. The Labute approximate surface area is 186 Å². The van der Waals surface area contributed by atoms with Crippen LogP contribution in [0.4, 0.5) is 5.69 Å². The fourth-order valence-corrected chi connectivity index (χ4v) is 5.14. The van der Waals surface area contributed by atoms with Gasteiger partial charge in [-0.3, -0.25) is 9.89 Å². The smallest absolute Gasteiger partial charge is 0.124 e. The Kier molecular flexibility index (Phi) is 6.58. The van der Waals surface area contributed by atoms with E-state index in [1.807, 2.05) is 13.1 Å². The standard InChI is InChI=1S/C25H36N6/c1-6-9-18(2)23(26-3)20-11-8-13-22(30(20)5)25-27-19-10-7-12-21(24(19)28-25)31-16-14-29(4)15-17-31/h6-7,9-10,12,20,22H,1,8,11,13-17H2,2-5H3,(H,27,28)/b18-9-,26-23?/t20-,22+/m0/s1. The number of piperazine rings is 1. The molecule has 2 saturated heterocycles. The van der Waals surface area contributed by atoms with Crippen molar-refractivity contribution in [1.29, 1.82) is 0 Å². The summed E-state index contributed by atoms with van der Waals surface area (Å²) in [5.74, 6) is 1.07. The third kappa shape index (κ3) is 4.32. The second kappa shape index (κ2) is 9.37. The number of para-hydroxylation sites is 1. The number of rotatable bonds is 5. The Bertz CT molecular complexity index is 979. The quantitative estimate of drug-likeness (QED) is 0.586. The zero-order valence-electron chi connectivity index (χ0n) is 19.4. The van der Waals surface area contributed by atoms with Gasteiger partial charge in [0.15, 0.2) is 0 Å². The number of allylic oxidation sites excluding steroid dienone is 2. The summed E-state index contributed by atoms with van der Waals surface area (Å²) in [6.45, 7) is 10.3. The third-order valence-electron chi connectivity index (χ3n) is 6.94. The number of hydrogen-bond acceptors (Lipinski definition) is 5. The Morgan fingerprint density at radius 1 is 1.19 bits per heavy atom. The van der Waals surface area contributed by atoms with Crippen LogP contribution in [0.3, 0.4) is 0 Å². The summed E-state index contributed by atoms with van der Waals surface area (Å²) in [4.78, 5) is 20.8. The van der Waals surface area contributed by atoms with Crippen LogP contribution in [0.5, 0.6) is 0 Å². The van der Waals surface area contributed by atoms with Gasteiger partial charge in [0.25, 0.3) is 0 Å². The van der Waals surface area contributed by atoms with E-state index in [1.54, 1.807) is 0 Å². The van der Waals surface area contributed by atoms with E-state index in [1.165, 1.54) is 17.7 Å². The normalized spacial score (nSPS) is 24.7. The van der Waals surface area contributed by atoms with E-state index in [0.29, 0.717) is 6.04 Å². The summed E-state index contributed by atoms with van der Waals surface area (Å²) in [5.41, 5.74) is 5.83. The van der Waals surface area contributed by atoms with Crippen molar-refractivity contribution in [3.8, 4) is 0 Å². The first kappa shape index (κ1) is 21.8. The van der Waals surface area contributed by atoms with Crippen LogP contribution in [-0.2, 0) is 0 Å². The molecule has 0 saturated carbocycles. The molecule has 0 unspecified atom stereocenters. The highest BCUT2D eigenvalue weighted by Crippen LogP contribution is 2.35. The fourth-order valence-electron chi connectivity index (χ4n) is 5.14. The van der Waals surface area contributed by atoms with Crippen LogP contribution in [0.2, 0.25) is 0 Å². The molecule has 1 aromatic carbocycles. The summed E-state index contributed by atoms with van der Waals surface area (Å²) in [6.07, 6.45) is 7.30. The SMILES string of the molecule is C=C/C=C(/C)C(=NC)[C@@H]1CCC[C@H](c2nc3c(N4CCN(C)CC4)cccc3[nH]2)N1C. The van der Waals surface area contributed by atoms with E-state index >= 15 is 0 Å². The fraction of sp³-hybridized carbons (Fsp3) is 0.520. The highest BCUT2D eigenvalue weighted by molar-refractivity contribution is 6.03. The number of fused-ring (bicyclic) bond motifs is 1. The van der Waals surface area contributed by atoms with Crippen LogP contribution in [0.25, 0.3) is 11.0 Å². The zero-order valence-corrected chi connectivity index (χ0v) is 19.4. The average molecular weight is 421 g/mol. The van der Waals surface area contributed by atoms with Gasteiger partial charge < -0.3 is 14.8 Å². The van der Waals surface area contributed by atoms with Crippen LogP contribution in [0.15, 0.2) is 47.5 Å². The van der Waals surface area contributed by atoms with Crippen LogP contribution in [0.1, 0.15) is 38.1 Å². The summed E-state index contributed by atoms with van der Waals surface area (Å²) < 4.78 is 0. The topological polar surface area (TPSA) is 50.8 Å². The molecule has 2 aliphatic heterocycles. The number of aromatic nitrogens is 2. The summed E-state index contributed by atoms with van der Waals surface area (Å²) in [6, 6.07) is 7.08. The van der Waals surface area contributed by atoms with Gasteiger partial charge in [0, 0.05) is 33.2 Å². The molecule has 2 fully saturated rings. The lowest BCUT2D eigenvalue weighted by Crippen LogP contribution is -2.44. The molecule has 166 valence electrons. The third-order valence-corrected chi connectivity index (χ3v) is 6.94. The summed E-state index contributed by atoms with van der Waals surface area (Å²) in [5, 5.41) is 0. The molecule has 4 rings (SSSR count). The van der Waals surface area contributed by atoms with Crippen molar-refractivity contribution >= 4 is 22.4 Å². The molecule has 0 radical (unpaired) electrons. The number of benzene rings is 1. The van der Waals surface area contributed by atoms with Crippen molar-refractivity contribution in [2.45, 2.75) is 38.3 Å². The van der Waals surface area contributed by atoms with Gasteiger partial charge in [0.2, 0.25) is 0 Å². The maximum absolute atomic E-state index is 5.16. The molecule has 0 bridgehead atoms. The van der Waals surface area contributed by atoms with Crippen molar-refractivity contribution in [1.82, 2.24) is 19.8 Å². The second-order valence-electron chi connectivity index (χ2n) is 8.91. The van der Waals surface area contributed by atoms with Gasteiger partial charge in [-0.25, -0.2) is 4.98 Å². The van der Waals surface area contributed by atoms with Gasteiger partial charge in [-0.15, -0.1) is 0 Å². The number of hydrogen-bond donors (Lipinski definition) is 1. The van der Waals surface area contributed by atoms with Crippen LogP contribution in [-0.4, -0.2) is 78.8 Å². The maximum atomic E-state index is 5.16. The predicted octanol–water partition coefficient (Wildman–Crippen LogP) is 4.04. The first-order valence-corrected chi connectivity index (χ1v) is 11.4. The summed E-state index contributed by atoms with van der Waals surface area (Å²) >= 11 is 0. The van der Waals surface area contributed by atoms with Crippen molar-refractivity contribution in [2.24, 2.45) is 4.99 Å². The van der Waals surface area contributed by atoms with Crippen molar-refractivity contribution < 1.29 is 0 Å². The van der Waals surface area contributed by atoms with Crippen molar-refractivity contribution in [3.63, 3.8) is 0 Å². The Balaban J connectivity index is 1.63. The minimum absolute atomic E-state index is 0.264. The Hall–Kier alpha value is -2.44. The van der Waals surface area contributed by atoms with E-state index < -0.39 is 0 Å². The number of piperidine rings is 1. The predicted molar refractivity (Wildman–Crippen MR) is 131 cm³/mol. The van der Waals surface area contributed by atoms with Gasteiger partial charge in [-0.1, -0.05) is 24.8 Å². The van der Waals surface area contributed by atoms with Crippen molar-refractivity contribution in [3.05, 3.63) is 48.3 Å². The highest BCUT2D eigenvalue weighted by Gasteiger charge is 2.34. The lowest BCUT2D eigenvalue weighted by Gasteiger charge is -2.39. The Morgan fingerprint density at radius 3 is 2.68 bits per heavy atom. The Morgan fingerprint density at radius 2 is 1.97 bits per heavy atom. The van der Waals surface area contributed by atoms with Gasteiger partial charge in [0.05, 0.1) is 29.0 Å². The molecule has 2 aromatic rings. The number of nitrogens with one attached hydrogen (secondary N) is 1. The number of nitrogens with zero attached hydrogens (tertiary/aromatic N) is 5. The molecule has 2 aliphatic rings. The van der Waals surface area contributed by atoms with E-state index in [9.17, 15) is 0 Å². The molecule has 0 amide bonds. The van der Waals surface area contributed by atoms with Gasteiger partial charge in [-0.05, 0) is 58.0 Å². The first-order chi connectivity index (χ1) is 15.0. The molecule has 6 nitrogen and oxygen atoms in total. The van der Waals surface area contributed by atoms with Crippen molar-refractivity contribution in [2.75, 3.05) is 52.2 Å². The molecular formula is C25H36N6. The lowest BCUT2D eigenvalue weighted by atomic mass is 9.90. The summed E-state index contributed by atoms with van der Waals surface area (Å²) in [7, 11) is 6.31. The molecule has 0 aliphatic carbocycles. The number of imidazole rings is 1. The number of anilines is 1. The number of H-pyrrole nitrogens is 1. The highest BCUT2D eigenvalue weighted by atomic mass is 15.3. The number of aromatic amines is 1. The van der Waals surface area contributed by atoms with Gasteiger partial charge >= 0.3 is 0 Å². The first-order valence-electron chi connectivity index (χ1n) is 11.4. The molecule has 1 aromatic heterocycles. The van der Waals surface area contributed by atoms with Gasteiger partial charge in [0.1, 0.15) is 11.3 Å². The second-order valence-corrected chi connectivity index (χ2v) is 8.91. The van der Waals surface area contributed by atoms with E-state index in [-0.39, 0.29) is 6.04 Å². The maximum Gasteiger partial charge on any atom is 0.124 e. The number of likely N-dealkylation sites (tertiary alicyclic amines) is 1. The molecule has 3 heterocycles.